The van der Waals surface area contributed by atoms with Gasteiger partial charge in [0.2, 0.25) is 0 Å². The lowest BCUT2D eigenvalue weighted by molar-refractivity contribution is -0.143. The highest BCUT2D eigenvalue weighted by atomic mass is 28.4. The molecule has 0 heterocycles. The third-order valence-electron chi connectivity index (χ3n) is 5.41. The van der Waals surface area contributed by atoms with Crippen LogP contribution >= 0.6 is 0 Å². The summed E-state index contributed by atoms with van der Waals surface area (Å²) in [6.07, 6.45) is -0.338. The number of carbonyl (C=O) groups excluding carboxylic acids is 1. The molecule has 0 unspecified atom stereocenters. The lowest BCUT2D eigenvalue weighted by Crippen LogP contribution is -2.45. The van der Waals surface area contributed by atoms with Gasteiger partial charge in [0.25, 0.3) is 0 Å². The minimum Gasteiger partial charge on any atom is -0.480 e. The van der Waals surface area contributed by atoms with Gasteiger partial charge in [0.15, 0.2) is 8.32 Å². The van der Waals surface area contributed by atoms with Gasteiger partial charge in [-0.15, -0.1) is 0 Å². The zero-order valence-corrected chi connectivity index (χ0v) is 19.2. The fraction of sp³-hybridized carbons (Fsp3) is 0.619. The van der Waals surface area contributed by atoms with E-state index in [4.69, 9.17) is 9.16 Å². The molecular formula is C21H35NO5Si. The summed E-state index contributed by atoms with van der Waals surface area (Å²) in [7, 11) is -0.432. The number of carbonyl (C=O) groups is 2. The van der Waals surface area contributed by atoms with E-state index in [1.165, 1.54) is 7.05 Å². The zero-order valence-electron chi connectivity index (χ0n) is 18.2. The quantitative estimate of drug-likeness (QED) is 0.595. The van der Waals surface area contributed by atoms with Crippen LogP contribution in [-0.2, 0) is 20.6 Å². The molecule has 158 valence electrons. The first kappa shape index (κ1) is 24.2. The number of carboxylic acids is 1. The van der Waals surface area contributed by atoms with Gasteiger partial charge < -0.3 is 14.3 Å². The summed E-state index contributed by atoms with van der Waals surface area (Å²) in [5, 5.41) is 9.70. The molecule has 0 aliphatic rings. The van der Waals surface area contributed by atoms with E-state index in [9.17, 15) is 14.7 Å². The van der Waals surface area contributed by atoms with Crippen molar-refractivity contribution in [3.63, 3.8) is 0 Å². The van der Waals surface area contributed by atoms with E-state index >= 15 is 0 Å². The molecule has 6 nitrogen and oxygen atoms in total. The van der Waals surface area contributed by atoms with Crippen LogP contribution in [0.2, 0.25) is 18.1 Å². The average molecular weight is 410 g/mol. The Balaban J connectivity index is 2.63. The predicted octanol–water partition coefficient (Wildman–Crippen LogP) is 4.76. The highest BCUT2D eigenvalue weighted by molar-refractivity contribution is 6.74. The number of aliphatic carboxylic acids is 1. The highest BCUT2D eigenvalue weighted by Crippen LogP contribution is 2.37. The molecule has 1 aromatic rings. The number of likely N-dealkylation sites (N-methyl/N-ethyl adjacent to an activating group) is 1. The number of hydrogen-bond acceptors (Lipinski definition) is 4. The normalized spacial score (nSPS) is 14.2. The third kappa shape index (κ3) is 7.28. The molecule has 0 aliphatic heterocycles. The number of carboxylic acid groups (broad SMARTS) is 1. The molecule has 1 N–H and O–H groups in total. The highest BCUT2D eigenvalue weighted by Gasteiger charge is 2.38. The summed E-state index contributed by atoms with van der Waals surface area (Å²) >= 11 is 0. The number of ether oxygens (including phenoxy) is 1. The van der Waals surface area contributed by atoms with E-state index in [1.54, 1.807) is 0 Å². The van der Waals surface area contributed by atoms with Gasteiger partial charge in [0.05, 0.1) is 0 Å². The third-order valence-corrected chi connectivity index (χ3v) is 9.91. The van der Waals surface area contributed by atoms with E-state index in [-0.39, 0.29) is 17.6 Å². The van der Waals surface area contributed by atoms with E-state index in [2.05, 4.69) is 33.9 Å². The van der Waals surface area contributed by atoms with Crippen molar-refractivity contribution in [3.8, 4) is 0 Å². The predicted molar refractivity (Wildman–Crippen MR) is 113 cm³/mol. The Morgan fingerprint density at radius 3 is 2.25 bits per heavy atom. The first-order valence-electron chi connectivity index (χ1n) is 9.65. The minimum atomic E-state index is -1.90. The van der Waals surface area contributed by atoms with Crippen LogP contribution in [0, 0.1) is 5.92 Å². The second kappa shape index (κ2) is 10.1. The van der Waals surface area contributed by atoms with Crippen molar-refractivity contribution in [1.29, 1.82) is 0 Å². The molecule has 0 fully saturated rings. The molecule has 7 heteroatoms. The van der Waals surface area contributed by atoms with Crippen molar-refractivity contribution in [2.45, 2.75) is 64.9 Å². The lowest BCUT2D eigenvalue weighted by Gasteiger charge is -2.37. The first-order valence-corrected chi connectivity index (χ1v) is 12.6. The molecule has 0 saturated heterocycles. The fourth-order valence-corrected chi connectivity index (χ4v) is 3.52. The molecule has 0 radical (unpaired) electrons. The number of amides is 1. The number of hydrogen-bond donors (Lipinski definition) is 1. The van der Waals surface area contributed by atoms with Gasteiger partial charge in [-0.25, -0.2) is 9.59 Å². The van der Waals surface area contributed by atoms with E-state index in [1.807, 2.05) is 37.3 Å². The average Bonchev–Trinajstić information content (AvgIpc) is 2.61. The van der Waals surface area contributed by atoms with Gasteiger partial charge in [-0.1, -0.05) is 58.0 Å². The molecule has 0 bridgehead atoms. The molecule has 0 aromatic heterocycles. The molecule has 0 saturated carbocycles. The molecule has 28 heavy (non-hydrogen) atoms. The molecule has 0 spiro atoms. The van der Waals surface area contributed by atoms with Crippen molar-refractivity contribution in [2.75, 3.05) is 13.7 Å². The van der Waals surface area contributed by atoms with Crippen LogP contribution in [0.3, 0.4) is 0 Å². The first-order chi connectivity index (χ1) is 12.8. The van der Waals surface area contributed by atoms with Crippen LogP contribution in [0.5, 0.6) is 0 Å². The van der Waals surface area contributed by atoms with Crippen molar-refractivity contribution in [2.24, 2.45) is 5.92 Å². The summed E-state index contributed by atoms with van der Waals surface area (Å²) < 4.78 is 11.5. The van der Waals surface area contributed by atoms with E-state index in [0.717, 1.165) is 10.5 Å². The maximum absolute atomic E-state index is 12.3. The van der Waals surface area contributed by atoms with Gasteiger partial charge in [0, 0.05) is 13.7 Å². The second-order valence-electron chi connectivity index (χ2n) is 8.92. The summed E-state index contributed by atoms with van der Waals surface area (Å²) in [5.74, 6) is -1.04. The molecular weight excluding hydrogens is 374 g/mol. The molecule has 2 atom stereocenters. The second-order valence-corrected chi connectivity index (χ2v) is 13.7. The summed E-state index contributed by atoms with van der Waals surface area (Å²) in [6, 6.07) is 8.34. The van der Waals surface area contributed by atoms with Crippen LogP contribution in [0.25, 0.3) is 0 Å². The van der Waals surface area contributed by atoms with Gasteiger partial charge in [-0.3, -0.25) is 4.90 Å². The Hall–Kier alpha value is -1.86. The fourth-order valence-electron chi connectivity index (χ4n) is 2.39. The SMILES string of the molecule is C[C@@H](CO[Si](C)(C)C(C)(C)C)C[C@H](C(=O)O)N(C)C(=O)OCc1ccccc1. The Kier molecular flexibility index (Phi) is 8.69. The van der Waals surface area contributed by atoms with Crippen LogP contribution in [0.4, 0.5) is 4.79 Å². The van der Waals surface area contributed by atoms with Crippen molar-refractivity contribution < 1.29 is 23.9 Å². The van der Waals surface area contributed by atoms with Crippen LogP contribution in [0.15, 0.2) is 30.3 Å². The topological polar surface area (TPSA) is 76.1 Å². The zero-order chi connectivity index (χ0) is 21.5. The Morgan fingerprint density at radius 1 is 1.18 bits per heavy atom. The maximum Gasteiger partial charge on any atom is 0.410 e. The molecule has 1 rings (SSSR count). The molecule has 1 amide bonds. The standard InChI is InChI=1S/C21H35NO5Si/c1-16(14-27-28(6,7)21(2,3)4)13-18(19(23)24)22(5)20(25)26-15-17-11-9-8-10-12-17/h8-12,16,18H,13-15H2,1-7H3,(H,23,24)/t16-,18-/m1/s1. The van der Waals surface area contributed by atoms with Crippen LogP contribution < -0.4 is 0 Å². The number of nitrogens with zero attached hydrogens (tertiary/aromatic N) is 1. The summed E-state index contributed by atoms with van der Waals surface area (Å²) in [5.41, 5.74) is 0.854. The van der Waals surface area contributed by atoms with Gasteiger partial charge in [-0.2, -0.15) is 0 Å². The van der Waals surface area contributed by atoms with Crippen molar-refractivity contribution in [3.05, 3.63) is 35.9 Å². The van der Waals surface area contributed by atoms with Gasteiger partial charge >= 0.3 is 12.1 Å². The van der Waals surface area contributed by atoms with Crippen molar-refractivity contribution >= 4 is 20.4 Å². The van der Waals surface area contributed by atoms with Gasteiger partial charge in [-0.05, 0) is 36.0 Å². The smallest absolute Gasteiger partial charge is 0.410 e. The van der Waals surface area contributed by atoms with Gasteiger partial charge in [0.1, 0.15) is 12.6 Å². The lowest BCUT2D eigenvalue weighted by atomic mass is 10.0. The van der Waals surface area contributed by atoms with Crippen LogP contribution in [-0.4, -0.2) is 50.1 Å². The Morgan fingerprint density at radius 2 is 1.75 bits per heavy atom. The molecule has 0 aliphatic carbocycles. The van der Waals surface area contributed by atoms with Crippen LogP contribution in [0.1, 0.15) is 39.7 Å². The van der Waals surface area contributed by atoms with Crippen molar-refractivity contribution in [1.82, 2.24) is 4.90 Å². The maximum atomic E-state index is 12.3. The minimum absolute atomic E-state index is 0.000372. The Bertz CT molecular complexity index is 642. The monoisotopic (exact) mass is 409 g/mol. The Labute approximate surface area is 170 Å². The number of benzene rings is 1. The largest absolute Gasteiger partial charge is 0.480 e. The number of rotatable bonds is 9. The molecule has 1 aromatic carbocycles. The van der Waals surface area contributed by atoms with E-state index in [0.29, 0.717) is 13.0 Å². The summed E-state index contributed by atoms with van der Waals surface area (Å²) in [6.45, 7) is 13.4. The van der Waals surface area contributed by atoms with E-state index < -0.39 is 26.4 Å². The summed E-state index contributed by atoms with van der Waals surface area (Å²) in [4.78, 5) is 25.2.